The van der Waals surface area contributed by atoms with E-state index in [2.05, 4.69) is 0 Å². The number of carbonyl (C=O) groups is 2. The van der Waals surface area contributed by atoms with E-state index in [9.17, 15) is 14.7 Å². The van der Waals surface area contributed by atoms with E-state index in [1.807, 2.05) is 20.8 Å². The van der Waals surface area contributed by atoms with Gasteiger partial charge in [0.2, 0.25) is 5.91 Å². The molecule has 0 bridgehead atoms. The molecule has 0 saturated carbocycles. The summed E-state index contributed by atoms with van der Waals surface area (Å²) in [5.74, 6) is -1.37. The maximum Gasteiger partial charge on any atom is 0.326 e. The van der Waals surface area contributed by atoms with Crippen molar-refractivity contribution in [2.45, 2.75) is 58.2 Å². The lowest BCUT2D eigenvalue weighted by atomic mass is 9.87. The summed E-state index contributed by atoms with van der Waals surface area (Å²) in [6.07, 6.45) is 0.139. The molecule has 0 aromatic rings. The summed E-state index contributed by atoms with van der Waals surface area (Å²) in [5, 5.41) is 18.5. The average molecular weight is 272 g/mol. The molecule has 0 radical (unpaired) electrons. The maximum absolute atomic E-state index is 12.1. The van der Waals surface area contributed by atoms with Crippen molar-refractivity contribution in [2.75, 3.05) is 6.54 Å². The standard InChI is InChI=1S/C13H24N2O4/c1-13(2,3)6-8(14)4-11(17)15-7-9(16)5-10(15)12(18)19/h8-10,16H,4-7,14H2,1-3H3,(H,18,19)/t8?,9-,10-/m1/s1. The van der Waals surface area contributed by atoms with Gasteiger partial charge in [0.15, 0.2) is 0 Å². The Kier molecular flexibility index (Phi) is 4.92. The molecule has 1 rings (SSSR count). The Morgan fingerprint density at radius 3 is 2.47 bits per heavy atom. The third-order valence-electron chi connectivity index (χ3n) is 3.20. The van der Waals surface area contributed by atoms with Crippen LogP contribution in [-0.4, -0.2) is 51.7 Å². The molecule has 6 nitrogen and oxygen atoms in total. The number of aliphatic hydroxyl groups excluding tert-OH is 1. The van der Waals surface area contributed by atoms with Gasteiger partial charge < -0.3 is 20.8 Å². The predicted octanol–water partition coefficient (Wildman–Crippen LogP) is 0.186. The lowest BCUT2D eigenvalue weighted by molar-refractivity contribution is -0.148. The van der Waals surface area contributed by atoms with E-state index < -0.39 is 18.1 Å². The summed E-state index contributed by atoms with van der Waals surface area (Å²) < 4.78 is 0. The number of β-amino-alcohol motifs (C(OH)–C–C–N with tert-alkyl or cyclic N) is 1. The fraction of sp³-hybridized carbons (Fsp3) is 0.846. The van der Waals surface area contributed by atoms with E-state index >= 15 is 0 Å². The van der Waals surface area contributed by atoms with Crippen molar-refractivity contribution < 1.29 is 19.8 Å². The first-order chi connectivity index (χ1) is 8.60. The summed E-state index contributed by atoms with van der Waals surface area (Å²) >= 11 is 0. The zero-order valence-corrected chi connectivity index (χ0v) is 11.8. The van der Waals surface area contributed by atoms with Gasteiger partial charge >= 0.3 is 5.97 Å². The monoisotopic (exact) mass is 272 g/mol. The maximum atomic E-state index is 12.1. The van der Waals surface area contributed by atoms with Crippen LogP contribution < -0.4 is 5.73 Å². The molecule has 1 heterocycles. The minimum Gasteiger partial charge on any atom is -0.480 e. The Morgan fingerprint density at radius 1 is 1.42 bits per heavy atom. The minimum atomic E-state index is -1.07. The van der Waals surface area contributed by atoms with Gasteiger partial charge in [-0.15, -0.1) is 0 Å². The van der Waals surface area contributed by atoms with Gasteiger partial charge in [0.1, 0.15) is 6.04 Å². The minimum absolute atomic E-state index is 0.0242. The molecule has 1 unspecified atom stereocenters. The van der Waals surface area contributed by atoms with Gasteiger partial charge in [0.05, 0.1) is 6.10 Å². The van der Waals surface area contributed by atoms with Crippen molar-refractivity contribution in [3.05, 3.63) is 0 Å². The van der Waals surface area contributed by atoms with E-state index in [1.54, 1.807) is 0 Å². The molecule has 4 N–H and O–H groups in total. The summed E-state index contributed by atoms with van der Waals surface area (Å²) in [4.78, 5) is 24.3. The van der Waals surface area contributed by atoms with Crippen molar-refractivity contribution >= 4 is 11.9 Å². The number of nitrogens with zero attached hydrogens (tertiary/aromatic N) is 1. The number of hydrogen-bond donors (Lipinski definition) is 3. The predicted molar refractivity (Wildman–Crippen MR) is 70.4 cm³/mol. The molecule has 1 aliphatic heterocycles. The van der Waals surface area contributed by atoms with Crippen LogP contribution in [0.5, 0.6) is 0 Å². The van der Waals surface area contributed by atoms with E-state index in [-0.39, 0.29) is 36.8 Å². The number of carbonyl (C=O) groups excluding carboxylic acids is 1. The Morgan fingerprint density at radius 2 is 2.00 bits per heavy atom. The number of hydrogen-bond acceptors (Lipinski definition) is 4. The molecule has 19 heavy (non-hydrogen) atoms. The average Bonchev–Trinajstić information content (AvgIpc) is 2.57. The van der Waals surface area contributed by atoms with Gasteiger partial charge in [-0.3, -0.25) is 4.79 Å². The number of likely N-dealkylation sites (tertiary alicyclic amines) is 1. The Balaban J connectivity index is 2.59. The molecule has 6 heteroatoms. The highest BCUT2D eigenvalue weighted by atomic mass is 16.4. The third kappa shape index (κ3) is 4.80. The topological polar surface area (TPSA) is 104 Å². The highest BCUT2D eigenvalue weighted by Gasteiger charge is 2.39. The Hall–Kier alpha value is -1.14. The van der Waals surface area contributed by atoms with E-state index in [0.717, 1.165) is 0 Å². The summed E-state index contributed by atoms with van der Waals surface area (Å²) in [5.41, 5.74) is 5.95. The van der Waals surface area contributed by atoms with Gasteiger partial charge in [0, 0.05) is 25.4 Å². The van der Waals surface area contributed by atoms with Crippen molar-refractivity contribution in [3.63, 3.8) is 0 Å². The number of carboxylic acid groups (broad SMARTS) is 1. The van der Waals surface area contributed by atoms with E-state index in [4.69, 9.17) is 10.8 Å². The van der Waals surface area contributed by atoms with Gasteiger partial charge in [-0.05, 0) is 11.8 Å². The van der Waals surface area contributed by atoms with Crippen LogP contribution in [0.15, 0.2) is 0 Å². The second-order valence-corrected chi connectivity index (χ2v) is 6.52. The van der Waals surface area contributed by atoms with E-state index in [1.165, 1.54) is 4.90 Å². The summed E-state index contributed by atoms with van der Waals surface area (Å²) in [7, 11) is 0. The number of rotatable bonds is 4. The zero-order chi connectivity index (χ0) is 14.8. The molecule has 1 amide bonds. The number of aliphatic hydroxyl groups is 1. The lowest BCUT2D eigenvalue weighted by Gasteiger charge is -2.26. The number of aliphatic carboxylic acids is 1. The van der Waals surface area contributed by atoms with Gasteiger partial charge in [-0.2, -0.15) is 0 Å². The molecule has 110 valence electrons. The number of carboxylic acids is 1. The largest absolute Gasteiger partial charge is 0.480 e. The van der Waals surface area contributed by atoms with Crippen molar-refractivity contribution in [2.24, 2.45) is 11.1 Å². The van der Waals surface area contributed by atoms with Crippen LogP contribution >= 0.6 is 0 Å². The van der Waals surface area contributed by atoms with Crippen LogP contribution in [0.2, 0.25) is 0 Å². The molecule has 1 aliphatic rings. The summed E-state index contributed by atoms with van der Waals surface area (Å²) in [6, 6.07) is -1.22. The first-order valence-electron chi connectivity index (χ1n) is 6.56. The van der Waals surface area contributed by atoms with Crippen molar-refractivity contribution in [1.29, 1.82) is 0 Å². The van der Waals surface area contributed by atoms with Gasteiger partial charge in [0.25, 0.3) is 0 Å². The van der Waals surface area contributed by atoms with Crippen LogP contribution in [0.3, 0.4) is 0 Å². The van der Waals surface area contributed by atoms with E-state index in [0.29, 0.717) is 6.42 Å². The molecule has 0 aromatic heterocycles. The molecule has 3 atom stereocenters. The SMILES string of the molecule is CC(C)(C)CC(N)CC(=O)N1C[C@H](O)C[C@@H]1C(=O)O. The quantitative estimate of drug-likeness (QED) is 0.677. The van der Waals surface area contributed by atoms with Crippen LogP contribution in [0, 0.1) is 5.41 Å². The first kappa shape index (κ1) is 15.9. The first-order valence-corrected chi connectivity index (χ1v) is 6.56. The fourth-order valence-corrected chi connectivity index (χ4v) is 2.52. The van der Waals surface area contributed by atoms with Crippen LogP contribution in [-0.2, 0) is 9.59 Å². The van der Waals surface area contributed by atoms with Crippen molar-refractivity contribution in [3.8, 4) is 0 Å². The molecule has 0 spiro atoms. The lowest BCUT2D eigenvalue weighted by Crippen LogP contribution is -2.43. The Labute approximate surface area is 113 Å². The zero-order valence-electron chi connectivity index (χ0n) is 11.8. The van der Waals surface area contributed by atoms with Gasteiger partial charge in [-0.25, -0.2) is 4.79 Å². The number of amides is 1. The molecular weight excluding hydrogens is 248 g/mol. The second kappa shape index (κ2) is 5.88. The van der Waals surface area contributed by atoms with Crippen LogP contribution in [0.1, 0.15) is 40.0 Å². The second-order valence-electron chi connectivity index (χ2n) is 6.52. The molecule has 0 aromatic carbocycles. The summed E-state index contributed by atoms with van der Waals surface area (Å²) in [6.45, 7) is 6.20. The number of nitrogens with two attached hydrogens (primary N) is 1. The Bertz CT molecular complexity index is 351. The smallest absolute Gasteiger partial charge is 0.326 e. The highest BCUT2D eigenvalue weighted by molar-refractivity contribution is 5.84. The van der Waals surface area contributed by atoms with Crippen LogP contribution in [0.25, 0.3) is 0 Å². The normalized spacial score (nSPS) is 25.4. The molecule has 0 aliphatic carbocycles. The van der Waals surface area contributed by atoms with Crippen molar-refractivity contribution in [1.82, 2.24) is 4.90 Å². The molecular formula is C13H24N2O4. The highest BCUT2D eigenvalue weighted by Crippen LogP contribution is 2.23. The molecule has 1 fully saturated rings. The van der Waals surface area contributed by atoms with Gasteiger partial charge in [-0.1, -0.05) is 20.8 Å². The third-order valence-corrected chi connectivity index (χ3v) is 3.20. The van der Waals surface area contributed by atoms with Crippen LogP contribution in [0.4, 0.5) is 0 Å². The molecule has 1 saturated heterocycles. The fourth-order valence-electron chi connectivity index (χ4n) is 2.52.